The summed E-state index contributed by atoms with van der Waals surface area (Å²) in [6.07, 6.45) is 2.78. The van der Waals surface area contributed by atoms with E-state index in [2.05, 4.69) is 16.4 Å². The molecular weight excluding hydrogens is 433 g/mol. The Balaban J connectivity index is 1.24. The van der Waals surface area contributed by atoms with Crippen LogP contribution in [0.1, 0.15) is 44.7 Å². The fourth-order valence-corrected chi connectivity index (χ4v) is 5.37. The van der Waals surface area contributed by atoms with Crippen molar-refractivity contribution in [2.75, 3.05) is 19.6 Å². The number of aromatic nitrogens is 1. The molecule has 162 valence electrons. The van der Waals surface area contributed by atoms with Crippen molar-refractivity contribution in [3.63, 3.8) is 0 Å². The Morgan fingerprint density at radius 2 is 1.90 bits per heavy atom. The second kappa shape index (κ2) is 10.2. The first-order valence-corrected chi connectivity index (χ1v) is 12.1. The molecule has 0 saturated carbocycles. The van der Waals surface area contributed by atoms with Crippen molar-refractivity contribution in [3.05, 3.63) is 74.1 Å². The van der Waals surface area contributed by atoms with Crippen LogP contribution in [0.4, 0.5) is 4.39 Å². The van der Waals surface area contributed by atoms with Gasteiger partial charge < -0.3 is 10.2 Å². The molecule has 0 unspecified atom stereocenters. The number of carbonyl (C=O) groups is 2. The average Bonchev–Trinajstić information content (AvgIpc) is 3.48. The minimum absolute atomic E-state index is 0.0648. The van der Waals surface area contributed by atoms with Crippen LogP contribution in [0.3, 0.4) is 0 Å². The molecule has 0 spiro atoms. The van der Waals surface area contributed by atoms with Crippen LogP contribution in [0.15, 0.2) is 47.2 Å². The van der Waals surface area contributed by atoms with E-state index in [0.29, 0.717) is 25.3 Å². The minimum atomic E-state index is -0.295. The molecule has 5 nitrogen and oxygen atoms in total. The highest BCUT2D eigenvalue weighted by atomic mass is 32.1. The van der Waals surface area contributed by atoms with Crippen LogP contribution in [0.25, 0.3) is 0 Å². The Labute approximate surface area is 188 Å². The molecule has 0 bridgehead atoms. The largest absolute Gasteiger partial charge is 0.350 e. The number of carbonyl (C=O) groups excluding carboxylic acids is 2. The minimum Gasteiger partial charge on any atom is -0.350 e. The highest BCUT2D eigenvalue weighted by Gasteiger charge is 2.26. The predicted octanol–water partition coefficient (Wildman–Crippen LogP) is 4.26. The van der Waals surface area contributed by atoms with Gasteiger partial charge in [-0.2, -0.15) is 0 Å². The second-order valence-corrected chi connectivity index (χ2v) is 9.54. The maximum Gasteiger partial charge on any atom is 0.270 e. The van der Waals surface area contributed by atoms with Gasteiger partial charge in [-0.25, -0.2) is 9.37 Å². The highest BCUT2D eigenvalue weighted by Crippen LogP contribution is 2.30. The zero-order chi connectivity index (χ0) is 21.6. The van der Waals surface area contributed by atoms with Crippen LogP contribution >= 0.6 is 22.7 Å². The van der Waals surface area contributed by atoms with Crippen molar-refractivity contribution in [1.82, 2.24) is 15.2 Å². The number of benzene rings is 1. The number of rotatable bonds is 7. The number of halogens is 1. The van der Waals surface area contributed by atoms with Crippen molar-refractivity contribution in [3.8, 4) is 0 Å². The van der Waals surface area contributed by atoms with Crippen LogP contribution in [-0.2, 0) is 17.6 Å². The SMILES string of the molecule is O=C(NCCc1cccs1)c1csc(C2CCN(C(=O)Cc3ccc(F)cc3)CC2)n1. The topological polar surface area (TPSA) is 62.3 Å². The van der Waals surface area contributed by atoms with E-state index in [0.717, 1.165) is 29.8 Å². The maximum absolute atomic E-state index is 13.0. The summed E-state index contributed by atoms with van der Waals surface area (Å²) >= 11 is 3.21. The molecule has 1 saturated heterocycles. The summed E-state index contributed by atoms with van der Waals surface area (Å²) in [4.78, 5) is 32.6. The molecule has 3 aromatic rings. The first-order valence-electron chi connectivity index (χ1n) is 10.4. The third kappa shape index (κ3) is 5.77. The quantitative estimate of drug-likeness (QED) is 0.577. The van der Waals surface area contributed by atoms with E-state index < -0.39 is 0 Å². The molecule has 0 aliphatic carbocycles. The number of hydrogen-bond donors (Lipinski definition) is 1. The average molecular weight is 458 g/mol. The van der Waals surface area contributed by atoms with E-state index in [1.165, 1.54) is 28.3 Å². The summed E-state index contributed by atoms with van der Waals surface area (Å²) in [6.45, 7) is 1.94. The molecule has 31 heavy (non-hydrogen) atoms. The molecule has 0 radical (unpaired) electrons. The number of nitrogens with zero attached hydrogens (tertiary/aromatic N) is 2. The Morgan fingerprint density at radius 3 is 2.61 bits per heavy atom. The predicted molar refractivity (Wildman–Crippen MR) is 121 cm³/mol. The summed E-state index contributed by atoms with van der Waals surface area (Å²) in [6, 6.07) is 10.1. The number of amides is 2. The molecule has 8 heteroatoms. The smallest absolute Gasteiger partial charge is 0.270 e. The number of thiazole rings is 1. The van der Waals surface area contributed by atoms with Gasteiger partial charge in [-0.3, -0.25) is 9.59 Å². The van der Waals surface area contributed by atoms with Crippen LogP contribution < -0.4 is 5.32 Å². The molecule has 1 aliphatic heterocycles. The summed E-state index contributed by atoms with van der Waals surface area (Å²) in [5.74, 6) is -0.0930. The molecule has 3 heterocycles. The molecule has 2 aromatic heterocycles. The normalized spacial score (nSPS) is 14.5. The van der Waals surface area contributed by atoms with Gasteiger partial charge in [-0.1, -0.05) is 18.2 Å². The van der Waals surface area contributed by atoms with Crippen LogP contribution in [0.5, 0.6) is 0 Å². The lowest BCUT2D eigenvalue weighted by Gasteiger charge is -2.31. The highest BCUT2D eigenvalue weighted by molar-refractivity contribution is 7.10. The van der Waals surface area contributed by atoms with Crippen LogP contribution in [0.2, 0.25) is 0 Å². The van der Waals surface area contributed by atoms with E-state index in [9.17, 15) is 14.0 Å². The molecule has 1 N–H and O–H groups in total. The van der Waals surface area contributed by atoms with Gasteiger partial charge in [0.25, 0.3) is 5.91 Å². The summed E-state index contributed by atoms with van der Waals surface area (Å²) < 4.78 is 13.0. The number of likely N-dealkylation sites (tertiary alicyclic amines) is 1. The third-order valence-electron chi connectivity index (χ3n) is 5.46. The van der Waals surface area contributed by atoms with Crippen molar-refractivity contribution in [2.45, 2.75) is 31.6 Å². The molecule has 2 amide bonds. The van der Waals surface area contributed by atoms with E-state index in [-0.39, 0.29) is 30.0 Å². The molecule has 1 fully saturated rings. The van der Waals surface area contributed by atoms with Gasteiger partial charge in [0, 0.05) is 35.8 Å². The molecular formula is C23H24FN3O2S2. The van der Waals surface area contributed by atoms with Gasteiger partial charge in [-0.15, -0.1) is 22.7 Å². The van der Waals surface area contributed by atoms with Gasteiger partial charge in [0.15, 0.2) is 0 Å². The first kappa shape index (κ1) is 21.6. The lowest BCUT2D eigenvalue weighted by Crippen LogP contribution is -2.38. The van der Waals surface area contributed by atoms with Gasteiger partial charge in [0.05, 0.1) is 11.4 Å². The lowest BCUT2D eigenvalue weighted by atomic mass is 9.97. The van der Waals surface area contributed by atoms with E-state index >= 15 is 0 Å². The fourth-order valence-electron chi connectivity index (χ4n) is 3.69. The summed E-state index contributed by atoms with van der Waals surface area (Å²) in [5.41, 5.74) is 1.30. The fraction of sp³-hybridized carbons (Fsp3) is 0.348. The van der Waals surface area contributed by atoms with Gasteiger partial charge in [0.1, 0.15) is 11.5 Å². The second-order valence-electron chi connectivity index (χ2n) is 7.61. The van der Waals surface area contributed by atoms with Crippen molar-refractivity contribution < 1.29 is 14.0 Å². The molecule has 1 aliphatic rings. The molecule has 4 rings (SSSR count). The zero-order valence-electron chi connectivity index (χ0n) is 17.1. The standard InChI is InChI=1S/C23H24FN3O2S2/c24-18-5-3-16(4-6-18)14-21(28)27-11-8-17(9-12-27)23-26-20(15-31-23)22(29)25-10-7-19-2-1-13-30-19/h1-6,13,15,17H,7-12,14H2,(H,25,29). The maximum atomic E-state index is 13.0. The van der Waals surface area contributed by atoms with Crippen LogP contribution in [0, 0.1) is 5.82 Å². The number of piperidine rings is 1. The van der Waals surface area contributed by atoms with Crippen molar-refractivity contribution in [2.24, 2.45) is 0 Å². The number of hydrogen-bond acceptors (Lipinski definition) is 5. The summed E-state index contributed by atoms with van der Waals surface area (Å²) in [5, 5.41) is 7.76. The van der Waals surface area contributed by atoms with Gasteiger partial charge in [0.2, 0.25) is 5.91 Å². The Morgan fingerprint density at radius 1 is 1.13 bits per heavy atom. The lowest BCUT2D eigenvalue weighted by molar-refractivity contribution is -0.131. The third-order valence-corrected chi connectivity index (χ3v) is 7.40. The van der Waals surface area contributed by atoms with E-state index in [1.54, 1.807) is 23.5 Å². The molecule has 0 atom stereocenters. The zero-order valence-corrected chi connectivity index (χ0v) is 18.7. The van der Waals surface area contributed by atoms with E-state index in [1.807, 2.05) is 21.7 Å². The Bertz CT molecular complexity index is 1010. The van der Waals surface area contributed by atoms with Crippen LogP contribution in [-0.4, -0.2) is 41.3 Å². The monoisotopic (exact) mass is 457 g/mol. The van der Waals surface area contributed by atoms with Crippen molar-refractivity contribution >= 4 is 34.5 Å². The first-order chi connectivity index (χ1) is 15.1. The van der Waals surface area contributed by atoms with Crippen molar-refractivity contribution in [1.29, 1.82) is 0 Å². The van der Waals surface area contributed by atoms with Gasteiger partial charge in [-0.05, 0) is 48.4 Å². The number of nitrogens with one attached hydrogen (secondary N) is 1. The Hall–Kier alpha value is -2.58. The number of thiophene rings is 1. The van der Waals surface area contributed by atoms with E-state index in [4.69, 9.17) is 0 Å². The Kier molecular flexibility index (Phi) is 7.09. The molecule has 1 aromatic carbocycles. The van der Waals surface area contributed by atoms with Gasteiger partial charge >= 0.3 is 0 Å². The summed E-state index contributed by atoms with van der Waals surface area (Å²) in [7, 11) is 0.